The monoisotopic (exact) mass is 230 g/mol. The molecule has 0 bridgehead atoms. The third-order valence-electron chi connectivity index (χ3n) is 2.28. The molecule has 1 atom stereocenters. The fraction of sp³-hybridized carbons (Fsp3) is 0.400. The predicted molar refractivity (Wildman–Crippen MR) is 59.8 cm³/mol. The average Bonchev–Trinajstić information content (AvgIpc) is 2.19. The first-order chi connectivity index (χ1) is 6.72. The molecule has 0 fully saturated rings. The number of halogens is 1. The summed E-state index contributed by atoms with van der Waals surface area (Å²) in [4.78, 5) is 0. The van der Waals surface area contributed by atoms with Crippen molar-refractivity contribution in [2.75, 3.05) is 13.7 Å². The van der Waals surface area contributed by atoms with Crippen molar-refractivity contribution < 1.29 is 9.47 Å². The quantitative estimate of drug-likeness (QED) is 0.748. The van der Waals surface area contributed by atoms with Gasteiger partial charge in [-0.15, -0.1) is 0 Å². The van der Waals surface area contributed by atoms with Crippen molar-refractivity contribution in [1.82, 2.24) is 0 Å². The minimum absolute atomic E-state index is 0.186. The van der Waals surface area contributed by atoms with E-state index in [0.717, 1.165) is 23.5 Å². The van der Waals surface area contributed by atoms with Crippen molar-refractivity contribution in [3.63, 3.8) is 0 Å². The summed E-state index contributed by atoms with van der Waals surface area (Å²) >= 11 is 10.5. The number of fused-ring (bicyclic) bond motifs is 1. The lowest BCUT2D eigenvalue weighted by Gasteiger charge is -2.23. The van der Waals surface area contributed by atoms with Gasteiger partial charge in [-0.3, -0.25) is 0 Å². The Morgan fingerprint density at radius 1 is 1.57 bits per heavy atom. The molecule has 0 aliphatic carbocycles. The molecule has 0 aromatic heterocycles. The Balaban J connectivity index is 2.51. The van der Waals surface area contributed by atoms with Gasteiger partial charge in [-0.2, -0.15) is 12.6 Å². The summed E-state index contributed by atoms with van der Waals surface area (Å²) in [6.07, 6.45) is 0.902. The zero-order chi connectivity index (χ0) is 10.1. The Labute approximate surface area is 93.6 Å². The Hall–Kier alpha value is -0.540. The molecule has 1 aromatic rings. The van der Waals surface area contributed by atoms with Gasteiger partial charge in [-0.05, 0) is 12.5 Å². The number of hydrogen-bond acceptors (Lipinski definition) is 3. The second-order valence-electron chi connectivity index (χ2n) is 3.18. The molecular formula is C10H11ClO2S. The largest absolute Gasteiger partial charge is 0.497 e. The van der Waals surface area contributed by atoms with E-state index >= 15 is 0 Å². The van der Waals surface area contributed by atoms with Crippen LogP contribution in [0.3, 0.4) is 0 Å². The molecule has 0 radical (unpaired) electrons. The van der Waals surface area contributed by atoms with Gasteiger partial charge >= 0.3 is 0 Å². The summed E-state index contributed by atoms with van der Waals surface area (Å²) in [7, 11) is 1.62. The molecule has 0 amide bonds. The molecule has 1 aliphatic heterocycles. The van der Waals surface area contributed by atoms with Gasteiger partial charge in [0.1, 0.15) is 11.5 Å². The molecule has 0 saturated heterocycles. The first kappa shape index (κ1) is 9.99. The van der Waals surface area contributed by atoms with Gasteiger partial charge in [0, 0.05) is 16.9 Å². The highest BCUT2D eigenvalue weighted by molar-refractivity contribution is 7.80. The molecule has 1 aliphatic rings. The summed E-state index contributed by atoms with van der Waals surface area (Å²) in [6, 6.07) is 3.68. The van der Waals surface area contributed by atoms with Crippen LogP contribution in [0.25, 0.3) is 0 Å². The fourth-order valence-corrected chi connectivity index (χ4v) is 2.10. The van der Waals surface area contributed by atoms with E-state index in [9.17, 15) is 0 Å². The summed E-state index contributed by atoms with van der Waals surface area (Å²) in [6.45, 7) is 0.674. The average molecular weight is 231 g/mol. The number of methoxy groups -OCH3 is 1. The molecule has 0 spiro atoms. The van der Waals surface area contributed by atoms with E-state index in [1.165, 1.54) is 0 Å². The third-order valence-corrected chi connectivity index (χ3v) is 3.10. The van der Waals surface area contributed by atoms with E-state index in [2.05, 4.69) is 12.6 Å². The maximum atomic E-state index is 6.05. The number of rotatable bonds is 1. The zero-order valence-electron chi connectivity index (χ0n) is 7.79. The topological polar surface area (TPSA) is 18.5 Å². The van der Waals surface area contributed by atoms with E-state index in [1.807, 2.05) is 6.07 Å². The molecule has 0 N–H and O–H groups in total. The molecule has 14 heavy (non-hydrogen) atoms. The van der Waals surface area contributed by atoms with Gasteiger partial charge in [0.25, 0.3) is 0 Å². The smallest absolute Gasteiger partial charge is 0.142 e. The van der Waals surface area contributed by atoms with Crippen molar-refractivity contribution in [2.45, 2.75) is 11.7 Å². The number of thiol groups is 1. The summed E-state index contributed by atoms with van der Waals surface area (Å²) in [5.41, 5.74) is 1.02. The maximum Gasteiger partial charge on any atom is 0.142 e. The van der Waals surface area contributed by atoms with Crippen molar-refractivity contribution in [2.24, 2.45) is 0 Å². The standard InChI is InChI=1S/C10H11ClO2S/c1-12-6-4-7-9(14)2-3-13-10(7)8(11)5-6/h4-5,9,14H,2-3H2,1H3. The molecule has 2 rings (SSSR count). The van der Waals surface area contributed by atoms with Crippen LogP contribution in [0.4, 0.5) is 0 Å². The molecule has 0 saturated carbocycles. The van der Waals surface area contributed by atoms with Gasteiger partial charge in [0.15, 0.2) is 0 Å². The summed E-state index contributed by atoms with van der Waals surface area (Å²) in [5.74, 6) is 1.50. The molecule has 76 valence electrons. The molecule has 4 heteroatoms. The van der Waals surface area contributed by atoms with Crippen LogP contribution < -0.4 is 9.47 Å². The third kappa shape index (κ3) is 1.66. The van der Waals surface area contributed by atoms with Crippen LogP contribution in [-0.4, -0.2) is 13.7 Å². The van der Waals surface area contributed by atoms with Gasteiger partial charge in [-0.25, -0.2) is 0 Å². The van der Waals surface area contributed by atoms with E-state index in [1.54, 1.807) is 13.2 Å². The summed E-state index contributed by atoms with van der Waals surface area (Å²) in [5, 5.41) is 0.782. The fourth-order valence-electron chi connectivity index (χ4n) is 1.53. The SMILES string of the molecule is COc1cc(Cl)c2c(c1)C(S)CCO2. The second kappa shape index (κ2) is 3.91. The van der Waals surface area contributed by atoms with Crippen LogP contribution in [0.5, 0.6) is 11.5 Å². The highest BCUT2D eigenvalue weighted by atomic mass is 35.5. The minimum atomic E-state index is 0.186. The van der Waals surface area contributed by atoms with Gasteiger partial charge < -0.3 is 9.47 Å². The highest BCUT2D eigenvalue weighted by Crippen LogP contribution is 2.42. The Kier molecular flexibility index (Phi) is 2.79. The zero-order valence-corrected chi connectivity index (χ0v) is 9.44. The molecule has 1 heterocycles. The summed E-state index contributed by atoms with van der Waals surface area (Å²) < 4.78 is 10.6. The highest BCUT2D eigenvalue weighted by Gasteiger charge is 2.21. The minimum Gasteiger partial charge on any atom is -0.497 e. The van der Waals surface area contributed by atoms with Gasteiger partial charge in [0.2, 0.25) is 0 Å². The van der Waals surface area contributed by atoms with Crippen molar-refractivity contribution in [3.8, 4) is 11.5 Å². The normalized spacial score (nSPS) is 19.8. The van der Waals surface area contributed by atoms with E-state index in [4.69, 9.17) is 21.1 Å². The number of hydrogen-bond donors (Lipinski definition) is 1. The van der Waals surface area contributed by atoms with E-state index < -0.39 is 0 Å². The van der Waals surface area contributed by atoms with Crippen LogP contribution >= 0.6 is 24.2 Å². The predicted octanol–water partition coefficient (Wildman–Crippen LogP) is 3.10. The molecular weight excluding hydrogens is 220 g/mol. The first-order valence-electron chi connectivity index (χ1n) is 4.40. The maximum absolute atomic E-state index is 6.05. The van der Waals surface area contributed by atoms with Crippen LogP contribution in [0.2, 0.25) is 5.02 Å². The molecule has 1 unspecified atom stereocenters. The van der Waals surface area contributed by atoms with E-state index in [0.29, 0.717) is 11.6 Å². The lowest BCUT2D eigenvalue weighted by molar-refractivity contribution is 0.286. The Morgan fingerprint density at radius 3 is 3.07 bits per heavy atom. The van der Waals surface area contributed by atoms with Gasteiger partial charge in [0.05, 0.1) is 18.7 Å². The second-order valence-corrected chi connectivity index (χ2v) is 4.21. The van der Waals surface area contributed by atoms with Crippen LogP contribution in [0.15, 0.2) is 12.1 Å². The Morgan fingerprint density at radius 2 is 2.36 bits per heavy atom. The van der Waals surface area contributed by atoms with Crippen LogP contribution in [0.1, 0.15) is 17.2 Å². The van der Waals surface area contributed by atoms with Crippen molar-refractivity contribution in [1.29, 1.82) is 0 Å². The number of ether oxygens (including phenoxy) is 2. The van der Waals surface area contributed by atoms with Crippen molar-refractivity contribution >= 4 is 24.2 Å². The molecule has 2 nitrogen and oxygen atoms in total. The number of benzene rings is 1. The van der Waals surface area contributed by atoms with Crippen molar-refractivity contribution in [3.05, 3.63) is 22.7 Å². The van der Waals surface area contributed by atoms with Crippen LogP contribution in [0, 0.1) is 0 Å². The van der Waals surface area contributed by atoms with E-state index in [-0.39, 0.29) is 5.25 Å². The molecule has 1 aromatic carbocycles. The van der Waals surface area contributed by atoms with Crippen LogP contribution in [-0.2, 0) is 0 Å². The Bertz CT molecular complexity index is 354. The van der Waals surface area contributed by atoms with Gasteiger partial charge in [-0.1, -0.05) is 11.6 Å². The lowest BCUT2D eigenvalue weighted by Crippen LogP contribution is -2.11. The lowest BCUT2D eigenvalue weighted by atomic mass is 10.1. The first-order valence-corrected chi connectivity index (χ1v) is 5.30.